The van der Waals surface area contributed by atoms with Gasteiger partial charge in [0.15, 0.2) is 11.5 Å². The zero-order valence-corrected chi connectivity index (χ0v) is 13.7. The Hall–Kier alpha value is -2.53. The van der Waals surface area contributed by atoms with Crippen molar-refractivity contribution >= 4 is 23.4 Å². The van der Waals surface area contributed by atoms with Crippen LogP contribution in [0.1, 0.15) is 5.56 Å². The van der Waals surface area contributed by atoms with Gasteiger partial charge in [0.25, 0.3) is 0 Å². The molecule has 0 aliphatic carbocycles. The number of ether oxygens (including phenoxy) is 3. The molecule has 0 aliphatic rings. The van der Waals surface area contributed by atoms with Crippen molar-refractivity contribution in [2.24, 2.45) is 0 Å². The summed E-state index contributed by atoms with van der Waals surface area (Å²) in [5.41, 5.74) is 2.59. The molecule has 3 rings (SSSR count). The zero-order valence-electron chi connectivity index (χ0n) is 12.9. The lowest BCUT2D eigenvalue weighted by Crippen LogP contribution is -1.98. The molecule has 23 heavy (non-hydrogen) atoms. The number of nitrogens with zero attached hydrogens (tertiary/aromatic N) is 2. The zero-order chi connectivity index (χ0) is 15.4. The van der Waals surface area contributed by atoms with Crippen molar-refractivity contribution in [1.82, 2.24) is 9.97 Å². The first-order valence-corrected chi connectivity index (χ1v) is 6.84. The molecule has 0 amide bonds. The van der Waals surface area contributed by atoms with Gasteiger partial charge < -0.3 is 14.2 Å². The molecule has 0 atom stereocenters. The predicted octanol–water partition coefficient (Wildman–Crippen LogP) is 3.65. The molecular formula is C17H17ClN2O3. The molecular weight excluding hydrogens is 316 g/mol. The SMILES string of the molecule is COc1ccc(COc2cc3nccnc3cc2OC)cc1.Cl. The molecule has 2 aromatic carbocycles. The minimum absolute atomic E-state index is 0. The summed E-state index contributed by atoms with van der Waals surface area (Å²) in [5, 5.41) is 0. The number of fused-ring (bicyclic) bond motifs is 1. The van der Waals surface area contributed by atoms with Crippen LogP contribution in [0.2, 0.25) is 0 Å². The van der Waals surface area contributed by atoms with E-state index in [0.717, 1.165) is 22.3 Å². The highest BCUT2D eigenvalue weighted by atomic mass is 35.5. The van der Waals surface area contributed by atoms with E-state index in [9.17, 15) is 0 Å². The van der Waals surface area contributed by atoms with Crippen LogP contribution in [0.15, 0.2) is 48.8 Å². The van der Waals surface area contributed by atoms with Crippen LogP contribution in [0, 0.1) is 0 Å². The molecule has 0 unspecified atom stereocenters. The second-order valence-corrected chi connectivity index (χ2v) is 4.68. The van der Waals surface area contributed by atoms with Crippen LogP contribution in [-0.2, 0) is 6.61 Å². The van der Waals surface area contributed by atoms with E-state index in [1.54, 1.807) is 26.6 Å². The number of hydrogen-bond acceptors (Lipinski definition) is 5. The number of rotatable bonds is 5. The molecule has 5 nitrogen and oxygen atoms in total. The van der Waals surface area contributed by atoms with Gasteiger partial charge >= 0.3 is 0 Å². The highest BCUT2D eigenvalue weighted by molar-refractivity contribution is 5.85. The van der Waals surface area contributed by atoms with Gasteiger partial charge in [0.2, 0.25) is 0 Å². The number of benzene rings is 2. The van der Waals surface area contributed by atoms with Gasteiger partial charge in [-0.05, 0) is 17.7 Å². The minimum atomic E-state index is 0. The lowest BCUT2D eigenvalue weighted by molar-refractivity contribution is 0.285. The maximum Gasteiger partial charge on any atom is 0.163 e. The molecule has 6 heteroatoms. The van der Waals surface area contributed by atoms with Crippen LogP contribution in [-0.4, -0.2) is 24.2 Å². The van der Waals surface area contributed by atoms with Crippen LogP contribution in [0.4, 0.5) is 0 Å². The Morgan fingerprint density at radius 2 is 1.43 bits per heavy atom. The Morgan fingerprint density at radius 1 is 0.826 bits per heavy atom. The normalized spacial score (nSPS) is 10.0. The first-order chi connectivity index (χ1) is 10.8. The van der Waals surface area contributed by atoms with E-state index in [1.807, 2.05) is 36.4 Å². The van der Waals surface area contributed by atoms with E-state index in [1.165, 1.54) is 0 Å². The summed E-state index contributed by atoms with van der Waals surface area (Å²) in [6.45, 7) is 0.437. The Kier molecular flexibility index (Phi) is 5.60. The molecule has 0 spiro atoms. The summed E-state index contributed by atoms with van der Waals surface area (Å²) in [4.78, 5) is 8.54. The van der Waals surface area contributed by atoms with Gasteiger partial charge in [-0.15, -0.1) is 12.4 Å². The standard InChI is InChI=1S/C17H16N2O3.ClH/c1-20-13-5-3-12(4-6-13)11-22-17-10-15-14(9-16(17)21-2)18-7-8-19-15;/h3-10H,11H2,1-2H3;1H. The first kappa shape index (κ1) is 16.8. The van der Waals surface area contributed by atoms with Crippen molar-refractivity contribution in [3.8, 4) is 17.2 Å². The molecule has 0 N–H and O–H groups in total. The molecule has 1 aromatic heterocycles. The summed E-state index contributed by atoms with van der Waals surface area (Å²) in [6.07, 6.45) is 3.31. The molecule has 120 valence electrons. The third-order valence-corrected chi connectivity index (χ3v) is 3.31. The molecule has 0 saturated carbocycles. The second-order valence-electron chi connectivity index (χ2n) is 4.68. The molecule has 3 aromatic rings. The van der Waals surface area contributed by atoms with Crippen molar-refractivity contribution in [2.75, 3.05) is 14.2 Å². The predicted molar refractivity (Wildman–Crippen MR) is 90.7 cm³/mol. The van der Waals surface area contributed by atoms with Gasteiger partial charge in [0, 0.05) is 24.5 Å². The third-order valence-electron chi connectivity index (χ3n) is 3.31. The van der Waals surface area contributed by atoms with E-state index < -0.39 is 0 Å². The number of methoxy groups -OCH3 is 2. The maximum atomic E-state index is 5.86. The highest BCUT2D eigenvalue weighted by Gasteiger charge is 2.08. The van der Waals surface area contributed by atoms with Gasteiger partial charge in [-0.1, -0.05) is 12.1 Å². The molecule has 0 aliphatic heterocycles. The van der Waals surface area contributed by atoms with E-state index in [2.05, 4.69) is 9.97 Å². The topological polar surface area (TPSA) is 53.5 Å². The van der Waals surface area contributed by atoms with Gasteiger partial charge in [-0.2, -0.15) is 0 Å². The third kappa shape index (κ3) is 3.81. The molecule has 0 saturated heterocycles. The molecule has 0 fully saturated rings. The van der Waals surface area contributed by atoms with E-state index in [4.69, 9.17) is 14.2 Å². The largest absolute Gasteiger partial charge is 0.497 e. The summed E-state index contributed by atoms with van der Waals surface area (Å²) in [5.74, 6) is 2.11. The summed E-state index contributed by atoms with van der Waals surface area (Å²) < 4.78 is 16.4. The van der Waals surface area contributed by atoms with Crippen molar-refractivity contribution in [1.29, 1.82) is 0 Å². The summed E-state index contributed by atoms with van der Waals surface area (Å²) >= 11 is 0. The Labute approximate surface area is 140 Å². The van der Waals surface area contributed by atoms with Gasteiger partial charge in [-0.25, -0.2) is 0 Å². The molecule has 0 radical (unpaired) electrons. The number of aromatic nitrogens is 2. The maximum absolute atomic E-state index is 5.86. The number of halogens is 1. The van der Waals surface area contributed by atoms with Crippen LogP contribution in [0.3, 0.4) is 0 Å². The van der Waals surface area contributed by atoms with Gasteiger partial charge in [0.1, 0.15) is 12.4 Å². The number of hydrogen-bond donors (Lipinski definition) is 0. The summed E-state index contributed by atoms with van der Waals surface area (Å²) in [7, 11) is 3.25. The van der Waals surface area contributed by atoms with Crippen LogP contribution in [0.5, 0.6) is 17.2 Å². The lowest BCUT2D eigenvalue weighted by atomic mass is 10.2. The van der Waals surface area contributed by atoms with Crippen LogP contribution in [0.25, 0.3) is 11.0 Å². The Morgan fingerprint density at radius 3 is 2.00 bits per heavy atom. The van der Waals surface area contributed by atoms with E-state index >= 15 is 0 Å². The minimum Gasteiger partial charge on any atom is -0.497 e. The fourth-order valence-corrected chi connectivity index (χ4v) is 2.13. The molecule has 1 heterocycles. The van der Waals surface area contributed by atoms with E-state index in [0.29, 0.717) is 18.1 Å². The molecule has 0 bridgehead atoms. The Bertz CT molecular complexity index is 778. The first-order valence-electron chi connectivity index (χ1n) is 6.84. The second kappa shape index (κ2) is 7.65. The average Bonchev–Trinajstić information content (AvgIpc) is 2.59. The van der Waals surface area contributed by atoms with Gasteiger partial charge in [0.05, 0.1) is 25.3 Å². The van der Waals surface area contributed by atoms with Crippen molar-refractivity contribution in [2.45, 2.75) is 6.61 Å². The quantitative estimate of drug-likeness (QED) is 0.714. The fraction of sp³-hybridized carbons (Fsp3) is 0.176. The average molecular weight is 333 g/mol. The highest BCUT2D eigenvalue weighted by Crippen LogP contribution is 2.31. The lowest BCUT2D eigenvalue weighted by Gasteiger charge is -2.11. The fourth-order valence-electron chi connectivity index (χ4n) is 2.13. The van der Waals surface area contributed by atoms with Crippen molar-refractivity contribution in [3.05, 3.63) is 54.4 Å². The summed E-state index contributed by atoms with van der Waals surface area (Å²) in [6, 6.07) is 11.4. The monoisotopic (exact) mass is 332 g/mol. The Balaban J connectivity index is 0.00000192. The van der Waals surface area contributed by atoms with Crippen LogP contribution >= 0.6 is 12.4 Å². The van der Waals surface area contributed by atoms with Crippen molar-refractivity contribution in [3.63, 3.8) is 0 Å². The van der Waals surface area contributed by atoms with E-state index in [-0.39, 0.29) is 12.4 Å². The van der Waals surface area contributed by atoms with Crippen LogP contribution < -0.4 is 14.2 Å². The smallest absolute Gasteiger partial charge is 0.163 e. The van der Waals surface area contributed by atoms with Gasteiger partial charge in [-0.3, -0.25) is 9.97 Å². The van der Waals surface area contributed by atoms with Crippen molar-refractivity contribution < 1.29 is 14.2 Å².